The van der Waals surface area contributed by atoms with Crippen LogP contribution in [0.3, 0.4) is 0 Å². The monoisotopic (exact) mass is 446 g/mol. The number of anilines is 1. The minimum Gasteiger partial charge on any atom is -0.497 e. The van der Waals surface area contributed by atoms with Crippen molar-refractivity contribution in [3.63, 3.8) is 0 Å². The van der Waals surface area contributed by atoms with Crippen LogP contribution < -0.4 is 9.64 Å². The van der Waals surface area contributed by atoms with Gasteiger partial charge < -0.3 is 4.74 Å². The smallest absolute Gasteiger partial charge is 0.282 e. The van der Waals surface area contributed by atoms with E-state index in [0.29, 0.717) is 11.5 Å². The second-order valence-corrected chi connectivity index (χ2v) is 7.64. The molecular formula is C24H19BrN2O2. The largest absolute Gasteiger partial charge is 0.497 e. The molecule has 3 aromatic carbocycles. The van der Waals surface area contributed by atoms with Crippen LogP contribution in [0.5, 0.6) is 5.75 Å². The van der Waals surface area contributed by atoms with Crippen molar-refractivity contribution >= 4 is 39.4 Å². The maximum atomic E-state index is 13.3. The van der Waals surface area contributed by atoms with E-state index in [9.17, 15) is 4.79 Å². The summed E-state index contributed by atoms with van der Waals surface area (Å²) in [4.78, 5) is 19.7. The Labute approximate surface area is 178 Å². The van der Waals surface area contributed by atoms with E-state index in [1.54, 1.807) is 18.1 Å². The molecule has 0 saturated heterocycles. The maximum Gasteiger partial charge on any atom is 0.282 e. The number of carbonyl (C=O) groups is 1. The van der Waals surface area contributed by atoms with Gasteiger partial charge in [-0.1, -0.05) is 64.0 Å². The molecule has 29 heavy (non-hydrogen) atoms. The average molecular weight is 447 g/mol. The molecule has 0 saturated carbocycles. The van der Waals surface area contributed by atoms with E-state index >= 15 is 0 Å². The molecule has 0 unspecified atom stereocenters. The van der Waals surface area contributed by atoms with Gasteiger partial charge >= 0.3 is 0 Å². The van der Waals surface area contributed by atoms with E-state index < -0.39 is 0 Å². The van der Waals surface area contributed by atoms with Crippen molar-refractivity contribution in [3.8, 4) is 5.75 Å². The Morgan fingerprint density at radius 2 is 1.76 bits per heavy atom. The van der Waals surface area contributed by atoms with E-state index in [4.69, 9.17) is 9.73 Å². The number of amides is 1. The van der Waals surface area contributed by atoms with Gasteiger partial charge in [0.15, 0.2) is 0 Å². The number of ether oxygens (including phenoxy) is 1. The van der Waals surface area contributed by atoms with Gasteiger partial charge in [0.1, 0.15) is 17.3 Å². The van der Waals surface area contributed by atoms with Crippen LogP contribution in [0, 0.1) is 6.92 Å². The van der Waals surface area contributed by atoms with E-state index in [2.05, 4.69) is 15.9 Å². The minimum atomic E-state index is -0.165. The number of aryl methyl sites for hydroxylation is 1. The zero-order chi connectivity index (χ0) is 20.4. The van der Waals surface area contributed by atoms with Crippen molar-refractivity contribution in [1.82, 2.24) is 0 Å². The molecule has 4 rings (SSSR count). The Kier molecular flexibility index (Phi) is 5.32. The Morgan fingerprint density at radius 1 is 1.00 bits per heavy atom. The van der Waals surface area contributed by atoms with Gasteiger partial charge in [-0.05, 0) is 48.9 Å². The van der Waals surface area contributed by atoms with Crippen molar-refractivity contribution in [1.29, 1.82) is 0 Å². The number of amidine groups is 1. The van der Waals surface area contributed by atoms with Crippen LogP contribution in [-0.2, 0) is 4.79 Å². The Morgan fingerprint density at radius 3 is 2.48 bits per heavy atom. The van der Waals surface area contributed by atoms with Crippen LogP contribution in [0.25, 0.3) is 6.08 Å². The molecule has 0 N–H and O–H groups in total. The normalized spacial score (nSPS) is 15.0. The lowest BCUT2D eigenvalue weighted by atomic mass is 10.1. The SMILES string of the molecule is COc1cccc(/C=C2/N=C(c3ccc(C)cc3)N(c3cccc(Br)c3)C2=O)c1. The third-order valence-electron chi connectivity index (χ3n) is 4.63. The van der Waals surface area contributed by atoms with E-state index in [1.165, 1.54) is 0 Å². The van der Waals surface area contributed by atoms with Gasteiger partial charge in [-0.2, -0.15) is 0 Å². The first-order valence-corrected chi connectivity index (χ1v) is 9.96. The predicted octanol–water partition coefficient (Wildman–Crippen LogP) is 5.60. The maximum absolute atomic E-state index is 13.3. The first kappa shape index (κ1) is 19.2. The summed E-state index contributed by atoms with van der Waals surface area (Å²) in [7, 11) is 1.62. The van der Waals surface area contributed by atoms with Gasteiger partial charge in [-0.25, -0.2) is 4.99 Å². The van der Waals surface area contributed by atoms with E-state index in [0.717, 1.165) is 32.6 Å². The fourth-order valence-corrected chi connectivity index (χ4v) is 3.54. The number of hydrogen-bond acceptors (Lipinski definition) is 3. The summed E-state index contributed by atoms with van der Waals surface area (Å²) in [5, 5.41) is 0. The highest BCUT2D eigenvalue weighted by molar-refractivity contribution is 9.10. The quantitative estimate of drug-likeness (QED) is 0.489. The van der Waals surface area contributed by atoms with Gasteiger partial charge in [0, 0.05) is 10.0 Å². The van der Waals surface area contributed by atoms with Crippen LogP contribution in [0.1, 0.15) is 16.7 Å². The standard InChI is InChI=1S/C24H19BrN2O2/c1-16-9-11-18(12-10-16)23-26-22(14-17-5-3-8-21(13-17)29-2)24(28)27(23)20-7-4-6-19(25)15-20/h3-15H,1-2H3/b22-14+. The molecule has 0 fully saturated rings. The summed E-state index contributed by atoms with van der Waals surface area (Å²) in [5.41, 5.74) is 4.04. The lowest BCUT2D eigenvalue weighted by Gasteiger charge is -2.19. The molecule has 0 spiro atoms. The molecule has 0 radical (unpaired) electrons. The zero-order valence-corrected chi connectivity index (χ0v) is 17.7. The molecular weight excluding hydrogens is 428 g/mol. The van der Waals surface area contributed by atoms with E-state index in [1.807, 2.05) is 79.7 Å². The zero-order valence-electron chi connectivity index (χ0n) is 16.1. The molecule has 5 heteroatoms. The molecule has 0 bridgehead atoms. The van der Waals surface area contributed by atoms with Gasteiger partial charge in [-0.15, -0.1) is 0 Å². The molecule has 0 aromatic heterocycles. The van der Waals surface area contributed by atoms with Crippen LogP contribution in [0.2, 0.25) is 0 Å². The number of methoxy groups -OCH3 is 1. The topological polar surface area (TPSA) is 41.9 Å². The highest BCUT2D eigenvalue weighted by atomic mass is 79.9. The Balaban J connectivity index is 1.82. The van der Waals surface area contributed by atoms with Crippen LogP contribution in [-0.4, -0.2) is 18.9 Å². The highest BCUT2D eigenvalue weighted by Gasteiger charge is 2.32. The number of aliphatic imine (C=N–C) groups is 1. The van der Waals surface area contributed by atoms with Gasteiger partial charge in [0.05, 0.1) is 12.8 Å². The number of nitrogens with zero attached hydrogens (tertiary/aromatic N) is 2. The van der Waals surface area contributed by atoms with Crippen molar-refractivity contribution in [2.75, 3.05) is 12.0 Å². The van der Waals surface area contributed by atoms with Crippen LogP contribution >= 0.6 is 15.9 Å². The fraction of sp³-hybridized carbons (Fsp3) is 0.0833. The lowest BCUT2D eigenvalue weighted by Crippen LogP contribution is -2.32. The molecule has 3 aromatic rings. The molecule has 4 nitrogen and oxygen atoms in total. The number of carbonyl (C=O) groups excluding carboxylic acids is 1. The third kappa shape index (κ3) is 4.00. The molecule has 0 atom stereocenters. The molecule has 144 valence electrons. The molecule has 1 aliphatic heterocycles. The first-order valence-electron chi connectivity index (χ1n) is 9.16. The van der Waals surface area contributed by atoms with Gasteiger partial charge in [-0.3, -0.25) is 9.69 Å². The van der Waals surface area contributed by atoms with Crippen molar-refractivity contribution in [2.45, 2.75) is 6.92 Å². The number of hydrogen-bond donors (Lipinski definition) is 0. The number of benzene rings is 3. The van der Waals surface area contributed by atoms with Gasteiger partial charge in [0.2, 0.25) is 0 Å². The lowest BCUT2D eigenvalue weighted by molar-refractivity contribution is -0.113. The number of halogens is 1. The minimum absolute atomic E-state index is 0.165. The van der Waals surface area contributed by atoms with Crippen molar-refractivity contribution in [2.24, 2.45) is 4.99 Å². The summed E-state index contributed by atoms with van der Waals surface area (Å²) in [6, 6.07) is 23.2. The second kappa shape index (κ2) is 8.05. The van der Waals surface area contributed by atoms with Gasteiger partial charge in [0.25, 0.3) is 5.91 Å². The van der Waals surface area contributed by atoms with Crippen LogP contribution in [0.15, 0.2) is 88.0 Å². The highest BCUT2D eigenvalue weighted by Crippen LogP contribution is 2.30. The summed E-state index contributed by atoms with van der Waals surface area (Å²) in [5.74, 6) is 1.18. The third-order valence-corrected chi connectivity index (χ3v) is 5.13. The summed E-state index contributed by atoms with van der Waals surface area (Å²) < 4.78 is 6.19. The predicted molar refractivity (Wildman–Crippen MR) is 120 cm³/mol. The first-order chi connectivity index (χ1) is 14.0. The average Bonchev–Trinajstić information content (AvgIpc) is 3.05. The summed E-state index contributed by atoms with van der Waals surface area (Å²) in [6.45, 7) is 2.03. The van der Waals surface area contributed by atoms with Crippen LogP contribution in [0.4, 0.5) is 5.69 Å². The molecule has 1 heterocycles. The fourth-order valence-electron chi connectivity index (χ4n) is 3.16. The molecule has 1 amide bonds. The molecule has 0 aliphatic carbocycles. The number of rotatable bonds is 4. The Hall–Kier alpha value is -3.18. The summed E-state index contributed by atoms with van der Waals surface area (Å²) >= 11 is 3.49. The van der Waals surface area contributed by atoms with E-state index in [-0.39, 0.29) is 5.91 Å². The Bertz CT molecular complexity index is 1130. The van der Waals surface area contributed by atoms with Crippen molar-refractivity contribution in [3.05, 3.63) is 99.7 Å². The molecule has 1 aliphatic rings. The van der Waals surface area contributed by atoms with Crippen molar-refractivity contribution < 1.29 is 9.53 Å². The second-order valence-electron chi connectivity index (χ2n) is 6.73. The summed E-state index contributed by atoms with van der Waals surface area (Å²) in [6.07, 6.45) is 1.79.